The zero-order valence-corrected chi connectivity index (χ0v) is 9.09. The Bertz CT molecular complexity index is 287. The molecule has 2 nitrogen and oxygen atoms in total. The van der Waals surface area contributed by atoms with Crippen molar-refractivity contribution in [2.24, 2.45) is 5.73 Å². The fraction of sp³-hybridized carbons (Fsp3) is 0.364. The van der Waals surface area contributed by atoms with E-state index in [4.69, 9.17) is 22.7 Å². The molecule has 1 unspecified atom stereocenters. The first kappa shape index (κ1) is 11.1. The highest BCUT2D eigenvalue weighted by molar-refractivity contribution is 7.80. The molecule has 3 heteroatoms. The molecular weight excluding hydrogens is 194 g/mol. The number of nitrogens with two attached hydrogens (primary N) is 1. The van der Waals surface area contributed by atoms with Crippen molar-refractivity contribution < 1.29 is 4.74 Å². The molecule has 2 N–H and O–H groups in total. The van der Waals surface area contributed by atoms with Crippen molar-refractivity contribution in [3.05, 3.63) is 35.9 Å². The summed E-state index contributed by atoms with van der Waals surface area (Å²) in [6.45, 7) is 0. The average Bonchev–Trinajstić information content (AvgIpc) is 2.19. The highest BCUT2D eigenvalue weighted by Crippen LogP contribution is 2.05. The smallest absolute Gasteiger partial charge is 0.160 e. The second kappa shape index (κ2) is 5.73. The molecule has 0 aliphatic carbocycles. The topological polar surface area (TPSA) is 35.2 Å². The molecule has 1 aromatic carbocycles. The summed E-state index contributed by atoms with van der Waals surface area (Å²) in [4.78, 5) is 0. The van der Waals surface area contributed by atoms with Gasteiger partial charge < -0.3 is 10.5 Å². The van der Waals surface area contributed by atoms with Crippen LogP contribution in [0, 0.1) is 0 Å². The molecule has 0 saturated carbocycles. The van der Waals surface area contributed by atoms with E-state index in [-0.39, 0.29) is 6.04 Å². The van der Waals surface area contributed by atoms with E-state index in [1.54, 1.807) is 7.11 Å². The van der Waals surface area contributed by atoms with Crippen molar-refractivity contribution in [3.8, 4) is 0 Å². The molecule has 0 amide bonds. The summed E-state index contributed by atoms with van der Waals surface area (Å²) in [5.41, 5.74) is 7.15. The van der Waals surface area contributed by atoms with Gasteiger partial charge in [0.2, 0.25) is 0 Å². The summed E-state index contributed by atoms with van der Waals surface area (Å²) in [6, 6.07) is 10.2. The first-order valence-corrected chi connectivity index (χ1v) is 4.99. The molecule has 0 aliphatic heterocycles. The molecular formula is C11H15NOS. The maximum absolute atomic E-state index is 5.91. The van der Waals surface area contributed by atoms with E-state index in [9.17, 15) is 0 Å². The normalized spacial score (nSPS) is 12.1. The van der Waals surface area contributed by atoms with E-state index in [2.05, 4.69) is 12.1 Å². The second-order valence-electron chi connectivity index (χ2n) is 3.23. The third-order valence-electron chi connectivity index (χ3n) is 2.00. The summed E-state index contributed by atoms with van der Waals surface area (Å²) in [7, 11) is 1.58. The lowest BCUT2D eigenvalue weighted by Gasteiger charge is -2.11. The molecule has 1 atom stereocenters. The Balaban J connectivity index is 2.41. The van der Waals surface area contributed by atoms with Crippen molar-refractivity contribution >= 4 is 17.3 Å². The van der Waals surface area contributed by atoms with Crippen LogP contribution >= 0.6 is 12.2 Å². The molecule has 0 aliphatic rings. The lowest BCUT2D eigenvalue weighted by Crippen LogP contribution is -2.26. The van der Waals surface area contributed by atoms with Crippen molar-refractivity contribution in [1.82, 2.24) is 0 Å². The van der Waals surface area contributed by atoms with E-state index in [1.165, 1.54) is 5.56 Å². The van der Waals surface area contributed by atoms with Crippen molar-refractivity contribution in [3.63, 3.8) is 0 Å². The van der Waals surface area contributed by atoms with Gasteiger partial charge in [-0.3, -0.25) is 0 Å². The molecule has 0 radical (unpaired) electrons. The van der Waals surface area contributed by atoms with Crippen LogP contribution in [-0.4, -0.2) is 18.2 Å². The van der Waals surface area contributed by atoms with Gasteiger partial charge in [0.15, 0.2) is 5.05 Å². The standard InChI is InChI=1S/C11H15NOS/c1-13-11(14)8-10(12)7-9-5-3-2-4-6-9/h2-6,10H,7-8,12H2,1H3. The Hall–Kier alpha value is -0.930. The predicted molar refractivity (Wildman–Crippen MR) is 62.3 cm³/mol. The quantitative estimate of drug-likeness (QED) is 0.769. The summed E-state index contributed by atoms with van der Waals surface area (Å²) in [5, 5.41) is 0.577. The molecule has 0 aromatic heterocycles. The van der Waals surface area contributed by atoms with Crippen LogP contribution in [0.1, 0.15) is 12.0 Å². The monoisotopic (exact) mass is 209 g/mol. The lowest BCUT2D eigenvalue weighted by molar-refractivity contribution is 0.396. The molecule has 76 valence electrons. The van der Waals surface area contributed by atoms with Crippen LogP contribution in [0.25, 0.3) is 0 Å². The highest BCUT2D eigenvalue weighted by atomic mass is 32.1. The second-order valence-corrected chi connectivity index (χ2v) is 3.69. The molecule has 0 heterocycles. The minimum absolute atomic E-state index is 0.0462. The largest absolute Gasteiger partial charge is 0.490 e. The molecule has 1 aromatic rings. The molecule has 0 bridgehead atoms. The third-order valence-corrected chi connectivity index (χ3v) is 2.33. The third kappa shape index (κ3) is 3.85. The van der Waals surface area contributed by atoms with E-state index >= 15 is 0 Å². The Morgan fingerprint density at radius 3 is 2.64 bits per heavy atom. The van der Waals surface area contributed by atoms with Gasteiger partial charge in [-0.05, 0) is 24.2 Å². The Kier molecular flexibility index (Phi) is 4.56. The van der Waals surface area contributed by atoms with E-state index in [0.29, 0.717) is 11.5 Å². The molecule has 0 saturated heterocycles. The van der Waals surface area contributed by atoms with Crippen LogP contribution in [-0.2, 0) is 11.2 Å². The van der Waals surface area contributed by atoms with Gasteiger partial charge in [-0.1, -0.05) is 30.3 Å². The number of methoxy groups -OCH3 is 1. The van der Waals surface area contributed by atoms with Crippen LogP contribution in [0.5, 0.6) is 0 Å². The maximum Gasteiger partial charge on any atom is 0.160 e. The Morgan fingerprint density at radius 1 is 1.43 bits per heavy atom. The Labute approximate surface area is 90.1 Å². The van der Waals surface area contributed by atoms with Crippen molar-refractivity contribution in [2.45, 2.75) is 18.9 Å². The molecule has 1 rings (SSSR count). The van der Waals surface area contributed by atoms with Crippen LogP contribution in [0.2, 0.25) is 0 Å². The van der Waals surface area contributed by atoms with Crippen LogP contribution in [0.3, 0.4) is 0 Å². The highest BCUT2D eigenvalue weighted by Gasteiger charge is 2.06. The van der Waals surface area contributed by atoms with Crippen molar-refractivity contribution in [2.75, 3.05) is 7.11 Å². The van der Waals surface area contributed by atoms with Gasteiger partial charge in [-0.25, -0.2) is 0 Å². The van der Waals surface area contributed by atoms with Gasteiger partial charge in [0.05, 0.1) is 7.11 Å². The maximum atomic E-state index is 5.91. The van der Waals surface area contributed by atoms with E-state index in [1.807, 2.05) is 18.2 Å². The lowest BCUT2D eigenvalue weighted by atomic mass is 10.0. The van der Waals surface area contributed by atoms with E-state index < -0.39 is 0 Å². The zero-order chi connectivity index (χ0) is 10.4. The fourth-order valence-electron chi connectivity index (χ4n) is 1.29. The molecule has 0 spiro atoms. The number of benzene rings is 1. The van der Waals surface area contributed by atoms with Gasteiger partial charge in [0.1, 0.15) is 0 Å². The number of ether oxygens (including phenoxy) is 1. The van der Waals surface area contributed by atoms with Gasteiger partial charge in [0, 0.05) is 12.5 Å². The number of rotatable bonds is 4. The SMILES string of the molecule is COC(=S)CC(N)Cc1ccccc1. The number of thiocarbonyl (C=S) groups is 1. The van der Waals surface area contributed by atoms with Crippen LogP contribution < -0.4 is 5.73 Å². The van der Waals surface area contributed by atoms with Crippen LogP contribution in [0.15, 0.2) is 30.3 Å². The average molecular weight is 209 g/mol. The van der Waals surface area contributed by atoms with E-state index in [0.717, 1.165) is 6.42 Å². The number of hydrogen-bond donors (Lipinski definition) is 1. The van der Waals surface area contributed by atoms with Crippen molar-refractivity contribution in [1.29, 1.82) is 0 Å². The summed E-state index contributed by atoms with van der Waals surface area (Å²) < 4.78 is 4.91. The Morgan fingerprint density at radius 2 is 2.07 bits per heavy atom. The van der Waals surface area contributed by atoms with Crippen LogP contribution in [0.4, 0.5) is 0 Å². The molecule has 0 fully saturated rings. The number of hydrogen-bond acceptors (Lipinski definition) is 3. The summed E-state index contributed by atoms with van der Waals surface area (Å²) >= 11 is 4.95. The fourth-order valence-corrected chi connectivity index (χ4v) is 1.50. The zero-order valence-electron chi connectivity index (χ0n) is 8.27. The summed E-state index contributed by atoms with van der Waals surface area (Å²) in [5.74, 6) is 0. The minimum Gasteiger partial charge on any atom is -0.490 e. The van der Waals surface area contributed by atoms with Gasteiger partial charge >= 0.3 is 0 Å². The first-order valence-electron chi connectivity index (χ1n) is 4.58. The van der Waals surface area contributed by atoms with Gasteiger partial charge in [-0.15, -0.1) is 0 Å². The van der Waals surface area contributed by atoms with Gasteiger partial charge in [-0.2, -0.15) is 0 Å². The first-order chi connectivity index (χ1) is 6.72. The predicted octanol–water partition coefficient (Wildman–Crippen LogP) is 1.92. The summed E-state index contributed by atoms with van der Waals surface area (Å²) in [6.07, 6.45) is 1.48. The minimum atomic E-state index is 0.0462. The van der Waals surface area contributed by atoms with Gasteiger partial charge in [0.25, 0.3) is 0 Å². The molecule has 14 heavy (non-hydrogen) atoms.